The zero-order valence-electron chi connectivity index (χ0n) is 10.0. The van der Waals surface area contributed by atoms with Crippen LogP contribution in [0.2, 0.25) is 0 Å². The number of anilines is 1. The number of hydrogen-bond acceptors (Lipinski definition) is 2. The van der Waals surface area contributed by atoms with Crippen LogP contribution in [0.1, 0.15) is 31.2 Å². The summed E-state index contributed by atoms with van der Waals surface area (Å²) in [6.45, 7) is 0. The van der Waals surface area contributed by atoms with Gasteiger partial charge in [-0.25, -0.2) is 0 Å². The number of rotatable bonds is 1. The summed E-state index contributed by atoms with van der Waals surface area (Å²) in [7, 11) is 0. The van der Waals surface area contributed by atoms with E-state index < -0.39 is 0 Å². The maximum absolute atomic E-state index is 4.21. The number of hydrogen-bond donors (Lipinski definition) is 1. The molecule has 2 nitrogen and oxygen atoms in total. The number of nitrogens with one attached hydrogen (secondary N) is 1. The third-order valence-corrected chi connectivity index (χ3v) is 3.60. The molecule has 2 heterocycles. The summed E-state index contributed by atoms with van der Waals surface area (Å²) in [6.07, 6.45) is 16.8. The molecule has 0 saturated carbocycles. The number of pyridine rings is 1. The lowest BCUT2D eigenvalue weighted by atomic mass is 9.97. The van der Waals surface area contributed by atoms with Crippen LogP contribution in [0.15, 0.2) is 42.3 Å². The molecule has 0 saturated heterocycles. The third kappa shape index (κ3) is 2.26. The average Bonchev–Trinajstić information content (AvgIpc) is 2.62. The fourth-order valence-electron chi connectivity index (χ4n) is 2.67. The predicted molar refractivity (Wildman–Crippen MR) is 71.0 cm³/mol. The smallest absolute Gasteiger partial charge is 0.0510 e. The van der Waals surface area contributed by atoms with E-state index in [1.54, 1.807) is 0 Å². The van der Waals surface area contributed by atoms with Crippen molar-refractivity contribution in [3.05, 3.63) is 47.8 Å². The second kappa shape index (κ2) is 4.74. The Hall–Kier alpha value is -1.57. The van der Waals surface area contributed by atoms with E-state index >= 15 is 0 Å². The van der Waals surface area contributed by atoms with E-state index in [4.69, 9.17) is 0 Å². The molecule has 2 heteroatoms. The van der Waals surface area contributed by atoms with Crippen molar-refractivity contribution >= 4 is 5.69 Å². The minimum absolute atomic E-state index is 0.482. The first-order valence-electron chi connectivity index (χ1n) is 6.49. The highest BCUT2D eigenvalue weighted by Gasteiger charge is 2.18. The molecule has 1 aliphatic heterocycles. The molecule has 88 valence electrons. The Kier molecular flexibility index (Phi) is 2.95. The van der Waals surface area contributed by atoms with Crippen molar-refractivity contribution < 1.29 is 0 Å². The van der Waals surface area contributed by atoms with E-state index in [2.05, 4.69) is 34.6 Å². The molecule has 1 aromatic heterocycles. The van der Waals surface area contributed by atoms with Crippen LogP contribution in [0.5, 0.6) is 0 Å². The molecule has 0 radical (unpaired) electrons. The van der Waals surface area contributed by atoms with Crippen LogP contribution >= 0.6 is 0 Å². The van der Waals surface area contributed by atoms with Crippen LogP contribution in [0.25, 0.3) is 0 Å². The minimum atomic E-state index is 0.482. The van der Waals surface area contributed by atoms with Gasteiger partial charge in [0, 0.05) is 18.1 Å². The quantitative estimate of drug-likeness (QED) is 0.793. The van der Waals surface area contributed by atoms with Crippen LogP contribution in [0.3, 0.4) is 0 Å². The Morgan fingerprint density at radius 1 is 1.29 bits per heavy atom. The average molecular weight is 226 g/mol. The molecule has 1 atom stereocenters. The van der Waals surface area contributed by atoms with Crippen molar-refractivity contribution in [2.75, 3.05) is 5.32 Å². The lowest BCUT2D eigenvalue weighted by molar-refractivity contribution is 0.694. The van der Waals surface area contributed by atoms with Crippen molar-refractivity contribution in [2.45, 2.75) is 38.1 Å². The van der Waals surface area contributed by atoms with Crippen LogP contribution in [-0.4, -0.2) is 11.0 Å². The van der Waals surface area contributed by atoms with Gasteiger partial charge in [-0.1, -0.05) is 18.2 Å². The standard InChI is InChI=1S/C15H18N2/c1-2-5-12(6-3-1)14-8-4-7-13-11-16-10-9-15(13)17-14/h2,5-6,9-11,14,17H,1,3-4,7-8H2. The first-order chi connectivity index (χ1) is 8.43. The van der Waals surface area contributed by atoms with Gasteiger partial charge >= 0.3 is 0 Å². The van der Waals surface area contributed by atoms with Gasteiger partial charge in [0.1, 0.15) is 0 Å². The highest BCUT2D eigenvalue weighted by atomic mass is 14.9. The fraction of sp³-hybridized carbons (Fsp3) is 0.400. The van der Waals surface area contributed by atoms with Gasteiger partial charge in [-0.2, -0.15) is 0 Å². The number of nitrogens with zero attached hydrogens (tertiary/aromatic N) is 1. The molecule has 0 aromatic carbocycles. The van der Waals surface area contributed by atoms with Gasteiger partial charge in [0.15, 0.2) is 0 Å². The summed E-state index contributed by atoms with van der Waals surface area (Å²) in [5, 5.41) is 3.67. The molecule has 0 bridgehead atoms. The SMILES string of the molecule is C1=CC(C2CCCc3cnccc3N2)=CCC1. The molecular formula is C15H18N2. The normalized spacial score (nSPS) is 23.3. The molecule has 2 aliphatic rings. The topological polar surface area (TPSA) is 24.9 Å². The fourth-order valence-corrected chi connectivity index (χ4v) is 2.67. The van der Waals surface area contributed by atoms with Crippen molar-refractivity contribution in [1.82, 2.24) is 4.98 Å². The van der Waals surface area contributed by atoms with Crippen molar-refractivity contribution in [2.24, 2.45) is 0 Å². The van der Waals surface area contributed by atoms with Gasteiger partial charge in [0.2, 0.25) is 0 Å². The molecule has 1 N–H and O–H groups in total. The summed E-state index contributed by atoms with van der Waals surface area (Å²) >= 11 is 0. The molecule has 1 unspecified atom stereocenters. The highest BCUT2D eigenvalue weighted by molar-refractivity contribution is 5.53. The lowest BCUT2D eigenvalue weighted by Crippen LogP contribution is -2.21. The molecule has 17 heavy (non-hydrogen) atoms. The minimum Gasteiger partial charge on any atom is -0.378 e. The Bertz CT molecular complexity index is 460. The van der Waals surface area contributed by atoms with Crippen molar-refractivity contribution in [1.29, 1.82) is 0 Å². The van der Waals surface area contributed by atoms with Gasteiger partial charge < -0.3 is 5.32 Å². The first-order valence-corrected chi connectivity index (χ1v) is 6.49. The maximum atomic E-state index is 4.21. The number of allylic oxidation sites excluding steroid dienone is 2. The van der Waals surface area contributed by atoms with Gasteiger partial charge in [0.05, 0.1) is 6.04 Å². The summed E-state index contributed by atoms with van der Waals surface area (Å²) < 4.78 is 0. The summed E-state index contributed by atoms with van der Waals surface area (Å²) in [6, 6.07) is 2.58. The van der Waals surface area contributed by atoms with Crippen LogP contribution in [0, 0.1) is 0 Å². The second-order valence-electron chi connectivity index (χ2n) is 4.81. The van der Waals surface area contributed by atoms with Gasteiger partial charge in [-0.05, 0) is 49.3 Å². The van der Waals surface area contributed by atoms with E-state index in [-0.39, 0.29) is 0 Å². The number of aromatic nitrogens is 1. The molecular weight excluding hydrogens is 208 g/mol. The molecule has 0 amide bonds. The lowest BCUT2D eigenvalue weighted by Gasteiger charge is -2.21. The predicted octanol–water partition coefficient (Wildman–Crippen LogP) is 3.47. The number of fused-ring (bicyclic) bond motifs is 1. The van der Waals surface area contributed by atoms with Gasteiger partial charge in [-0.15, -0.1) is 0 Å². The van der Waals surface area contributed by atoms with E-state index in [0.717, 1.165) is 6.42 Å². The monoisotopic (exact) mass is 226 g/mol. The second-order valence-corrected chi connectivity index (χ2v) is 4.81. The zero-order chi connectivity index (χ0) is 11.5. The van der Waals surface area contributed by atoms with Crippen LogP contribution < -0.4 is 5.32 Å². The Morgan fingerprint density at radius 2 is 2.29 bits per heavy atom. The van der Waals surface area contributed by atoms with E-state index in [1.807, 2.05) is 12.4 Å². The van der Waals surface area contributed by atoms with Crippen molar-refractivity contribution in [3.8, 4) is 0 Å². The molecule has 1 aromatic rings. The maximum Gasteiger partial charge on any atom is 0.0510 e. The Balaban J connectivity index is 1.85. The first kappa shape index (κ1) is 10.6. The summed E-state index contributed by atoms with van der Waals surface area (Å²) in [5.74, 6) is 0. The van der Waals surface area contributed by atoms with E-state index in [1.165, 1.54) is 42.5 Å². The molecule has 1 aliphatic carbocycles. The van der Waals surface area contributed by atoms with Crippen molar-refractivity contribution in [3.63, 3.8) is 0 Å². The largest absolute Gasteiger partial charge is 0.378 e. The molecule has 0 fully saturated rings. The van der Waals surface area contributed by atoms with Gasteiger partial charge in [-0.3, -0.25) is 4.98 Å². The molecule has 0 spiro atoms. The van der Waals surface area contributed by atoms with Crippen LogP contribution in [-0.2, 0) is 6.42 Å². The zero-order valence-corrected chi connectivity index (χ0v) is 10.0. The van der Waals surface area contributed by atoms with Crippen LogP contribution in [0.4, 0.5) is 5.69 Å². The van der Waals surface area contributed by atoms with Gasteiger partial charge in [0.25, 0.3) is 0 Å². The number of aryl methyl sites for hydroxylation is 1. The van der Waals surface area contributed by atoms with E-state index in [0.29, 0.717) is 6.04 Å². The molecule has 3 rings (SSSR count). The Labute approximate surface area is 102 Å². The summed E-state index contributed by atoms with van der Waals surface area (Å²) in [4.78, 5) is 4.21. The van der Waals surface area contributed by atoms with E-state index in [9.17, 15) is 0 Å². The highest BCUT2D eigenvalue weighted by Crippen LogP contribution is 2.27. The summed E-state index contributed by atoms with van der Waals surface area (Å²) in [5.41, 5.74) is 4.08. The Morgan fingerprint density at radius 3 is 3.18 bits per heavy atom. The third-order valence-electron chi connectivity index (χ3n) is 3.60.